The summed E-state index contributed by atoms with van der Waals surface area (Å²) in [7, 11) is 0. The van der Waals surface area contributed by atoms with Crippen LogP contribution in [0.5, 0.6) is 5.75 Å². The average Bonchev–Trinajstić information content (AvgIpc) is 2.78. The number of likely N-dealkylation sites (tertiary alicyclic amines) is 1. The zero-order valence-corrected chi connectivity index (χ0v) is 14.1. The van der Waals surface area contributed by atoms with E-state index >= 15 is 0 Å². The van der Waals surface area contributed by atoms with Gasteiger partial charge in [0.25, 0.3) is 0 Å². The zero-order valence-electron chi connectivity index (χ0n) is 14.1. The number of benzene rings is 1. The van der Waals surface area contributed by atoms with Gasteiger partial charge < -0.3 is 9.84 Å². The van der Waals surface area contributed by atoms with Crippen molar-refractivity contribution in [3.05, 3.63) is 41.5 Å². The molecule has 3 atom stereocenters. The highest BCUT2D eigenvalue weighted by atomic mass is 16.5. The normalized spacial score (nSPS) is 24.2. The van der Waals surface area contributed by atoms with E-state index in [1.165, 1.54) is 4.90 Å². The smallest absolute Gasteiger partial charge is 0.233 e. The summed E-state index contributed by atoms with van der Waals surface area (Å²) in [6, 6.07) is 5.83. The number of carbonyl (C=O) groups is 2. The molecule has 128 valence electrons. The number of amides is 2. The van der Waals surface area contributed by atoms with Gasteiger partial charge in [-0.05, 0) is 49.9 Å². The second kappa shape index (κ2) is 6.77. The first-order valence-corrected chi connectivity index (χ1v) is 8.35. The Balaban J connectivity index is 1.58. The number of fused-ring (bicyclic) bond motifs is 1. The minimum atomic E-state index is -0.896. The Morgan fingerprint density at radius 1 is 1.08 bits per heavy atom. The first-order valence-electron chi connectivity index (χ1n) is 8.35. The van der Waals surface area contributed by atoms with Gasteiger partial charge in [0.1, 0.15) is 18.5 Å². The third kappa shape index (κ3) is 3.36. The van der Waals surface area contributed by atoms with Gasteiger partial charge in [-0.2, -0.15) is 0 Å². The molecule has 24 heavy (non-hydrogen) atoms. The lowest BCUT2D eigenvalue weighted by Gasteiger charge is -2.19. The first kappa shape index (κ1) is 16.7. The monoisotopic (exact) mass is 329 g/mol. The fraction of sp³-hybridized carbons (Fsp3) is 0.474. The van der Waals surface area contributed by atoms with Crippen LogP contribution in [0, 0.1) is 25.7 Å². The lowest BCUT2D eigenvalue weighted by molar-refractivity contribution is -0.141. The van der Waals surface area contributed by atoms with E-state index in [1.54, 1.807) is 0 Å². The maximum absolute atomic E-state index is 12.4. The molecule has 1 N–H and O–H groups in total. The number of aliphatic hydroxyl groups excluding tert-OH is 1. The molecule has 1 fully saturated rings. The third-order valence-corrected chi connectivity index (χ3v) is 4.63. The largest absolute Gasteiger partial charge is 0.491 e. The average molecular weight is 329 g/mol. The number of hydrogen-bond donors (Lipinski definition) is 1. The molecule has 5 heteroatoms. The van der Waals surface area contributed by atoms with Crippen molar-refractivity contribution in [2.45, 2.75) is 32.8 Å². The Morgan fingerprint density at radius 3 is 2.17 bits per heavy atom. The maximum atomic E-state index is 12.4. The van der Waals surface area contributed by atoms with E-state index in [2.05, 4.69) is 0 Å². The number of hydrogen-bond acceptors (Lipinski definition) is 4. The highest BCUT2D eigenvalue weighted by Crippen LogP contribution is 2.35. The number of aliphatic hydroxyl groups is 1. The molecule has 2 aliphatic rings. The molecule has 5 nitrogen and oxygen atoms in total. The minimum absolute atomic E-state index is 0.00450. The third-order valence-electron chi connectivity index (χ3n) is 4.63. The van der Waals surface area contributed by atoms with Gasteiger partial charge >= 0.3 is 0 Å². The molecule has 1 aromatic rings. The van der Waals surface area contributed by atoms with Crippen LogP contribution in [0.3, 0.4) is 0 Å². The van der Waals surface area contributed by atoms with Crippen LogP contribution in [0.25, 0.3) is 0 Å². The molecular weight excluding hydrogens is 306 g/mol. The fourth-order valence-electron chi connectivity index (χ4n) is 3.52. The second-order valence-corrected chi connectivity index (χ2v) is 6.73. The Bertz CT molecular complexity index is 636. The van der Waals surface area contributed by atoms with Crippen LogP contribution in [0.1, 0.15) is 24.0 Å². The van der Waals surface area contributed by atoms with Crippen LogP contribution in [0.2, 0.25) is 0 Å². The van der Waals surface area contributed by atoms with Gasteiger partial charge in [-0.1, -0.05) is 18.2 Å². The van der Waals surface area contributed by atoms with Crippen LogP contribution < -0.4 is 4.74 Å². The standard InChI is InChI=1S/C19H23NO4/c1-12-7-13(2)9-15(8-12)24-11-14(21)10-20-18(22)16-5-3-4-6-17(16)19(20)23/h3-4,7-9,14,16-17,21H,5-6,10-11H2,1-2H3. The summed E-state index contributed by atoms with van der Waals surface area (Å²) >= 11 is 0. The molecule has 1 heterocycles. The summed E-state index contributed by atoms with van der Waals surface area (Å²) in [5.74, 6) is -0.159. The van der Waals surface area contributed by atoms with Crippen molar-refractivity contribution in [3.63, 3.8) is 0 Å². The molecule has 1 aliphatic heterocycles. The molecule has 0 saturated carbocycles. The summed E-state index contributed by atoms with van der Waals surface area (Å²) in [5, 5.41) is 10.2. The molecule has 0 radical (unpaired) electrons. The van der Waals surface area contributed by atoms with E-state index < -0.39 is 6.10 Å². The summed E-state index contributed by atoms with van der Waals surface area (Å²) in [5.41, 5.74) is 2.17. The summed E-state index contributed by atoms with van der Waals surface area (Å²) in [6.07, 6.45) is 4.24. The van der Waals surface area contributed by atoms with Crippen LogP contribution in [-0.2, 0) is 9.59 Å². The minimum Gasteiger partial charge on any atom is -0.491 e. The SMILES string of the molecule is Cc1cc(C)cc(OCC(O)CN2C(=O)C3CC=CCC3C2=O)c1. The van der Waals surface area contributed by atoms with Crippen molar-refractivity contribution in [1.82, 2.24) is 4.90 Å². The second-order valence-electron chi connectivity index (χ2n) is 6.73. The summed E-state index contributed by atoms with van der Waals surface area (Å²) < 4.78 is 5.62. The van der Waals surface area contributed by atoms with Gasteiger partial charge in [0.05, 0.1) is 18.4 Å². The lowest BCUT2D eigenvalue weighted by Crippen LogP contribution is -2.40. The van der Waals surface area contributed by atoms with Gasteiger partial charge in [0, 0.05) is 0 Å². The molecule has 1 aromatic carbocycles. The van der Waals surface area contributed by atoms with E-state index in [0.717, 1.165) is 11.1 Å². The van der Waals surface area contributed by atoms with Crippen molar-refractivity contribution in [3.8, 4) is 5.75 Å². The Morgan fingerprint density at radius 2 is 1.62 bits per heavy atom. The van der Waals surface area contributed by atoms with Crippen molar-refractivity contribution in [2.24, 2.45) is 11.8 Å². The predicted octanol–water partition coefficient (Wildman–Crippen LogP) is 1.99. The number of ether oxygens (including phenoxy) is 1. The van der Waals surface area contributed by atoms with E-state index in [0.29, 0.717) is 18.6 Å². The topological polar surface area (TPSA) is 66.8 Å². The number of aryl methyl sites for hydroxylation is 2. The highest BCUT2D eigenvalue weighted by Gasteiger charge is 2.47. The van der Waals surface area contributed by atoms with Crippen molar-refractivity contribution in [1.29, 1.82) is 0 Å². The molecular formula is C19H23NO4. The molecule has 1 saturated heterocycles. The fourth-order valence-corrected chi connectivity index (χ4v) is 3.52. The van der Waals surface area contributed by atoms with Crippen LogP contribution in [0.4, 0.5) is 0 Å². The van der Waals surface area contributed by atoms with Gasteiger partial charge in [-0.15, -0.1) is 0 Å². The van der Waals surface area contributed by atoms with E-state index in [1.807, 2.05) is 44.2 Å². The summed E-state index contributed by atoms with van der Waals surface area (Å²) in [4.78, 5) is 25.9. The van der Waals surface area contributed by atoms with Gasteiger partial charge in [-0.3, -0.25) is 14.5 Å². The number of allylic oxidation sites excluding steroid dienone is 2. The molecule has 3 unspecified atom stereocenters. The lowest BCUT2D eigenvalue weighted by atomic mass is 9.85. The molecule has 2 amide bonds. The number of rotatable bonds is 5. The van der Waals surface area contributed by atoms with Gasteiger partial charge in [0.2, 0.25) is 11.8 Å². The molecule has 0 bridgehead atoms. The summed E-state index contributed by atoms with van der Waals surface area (Å²) in [6.45, 7) is 4.00. The number of β-amino-alcohol motifs (C(OH)–C–C–N with tert-alkyl or cyclic N) is 1. The number of imide groups is 1. The Kier molecular flexibility index (Phi) is 4.71. The molecule has 0 aromatic heterocycles. The molecule has 0 spiro atoms. The van der Waals surface area contributed by atoms with Gasteiger partial charge in [-0.25, -0.2) is 0 Å². The van der Waals surface area contributed by atoms with E-state index in [-0.39, 0.29) is 36.8 Å². The maximum Gasteiger partial charge on any atom is 0.233 e. The Hall–Kier alpha value is -2.14. The van der Waals surface area contributed by atoms with Gasteiger partial charge in [0.15, 0.2) is 0 Å². The number of nitrogens with zero attached hydrogens (tertiary/aromatic N) is 1. The zero-order chi connectivity index (χ0) is 17.3. The van der Waals surface area contributed by atoms with E-state index in [9.17, 15) is 14.7 Å². The van der Waals surface area contributed by atoms with Crippen LogP contribution in [-0.4, -0.2) is 41.1 Å². The number of carbonyl (C=O) groups excluding carboxylic acids is 2. The van der Waals surface area contributed by atoms with Crippen molar-refractivity contribution in [2.75, 3.05) is 13.2 Å². The van der Waals surface area contributed by atoms with Crippen molar-refractivity contribution < 1.29 is 19.4 Å². The first-order chi connectivity index (χ1) is 11.5. The highest BCUT2D eigenvalue weighted by molar-refractivity contribution is 6.05. The van der Waals surface area contributed by atoms with Crippen molar-refractivity contribution >= 4 is 11.8 Å². The van der Waals surface area contributed by atoms with E-state index in [4.69, 9.17) is 4.74 Å². The quantitative estimate of drug-likeness (QED) is 0.663. The predicted molar refractivity (Wildman–Crippen MR) is 89.5 cm³/mol. The molecule has 1 aliphatic carbocycles. The van der Waals surface area contributed by atoms with Crippen LogP contribution in [0.15, 0.2) is 30.4 Å². The Labute approximate surface area is 141 Å². The molecule has 3 rings (SSSR count). The van der Waals surface area contributed by atoms with Crippen LogP contribution >= 0.6 is 0 Å².